The number of methoxy groups -OCH3 is 1. The third-order valence-corrected chi connectivity index (χ3v) is 4.07. The molecule has 0 aromatic heterocycles. The molecule has 2 aromatic carbocycles. The van der Waals surface area contributed by atoms with E-state index in [0.29, 0.717) is 11.3 Å². The summed E-state index contributed by atoms with van der Waals surface area (Å²) >= 11 is 0. The molecule has 0 saturated carbocycles. The van der Waals surface area contributed by atoms with Crippen LogP contribution in [0.25, 0.3) is 0 Å². The molecule has 2 rings (SSSR count). The molecule has 6 heteroatoms. The van der Waals surface area contributed by atoms with Gasteiger partial charge in [-0.25, -0.2) is 4.39 Å². The minimum atomic E-state index is -0.424. The van der Waals surface area contributed by atoms with Crippen molar-refractivity contribution in [3.63, 3.8) is 0 Å². The van der Waals surface area contributed by atoms with E-state index in [9.17, 15) is 14.0 Å². The van der Waals surface area contributed by atoms with Gasteiger partial charge in [0, 0.05) is 18.2 Å². The molecular weight excluding hydrogens is 323 g/mol. The van der Waals surface area contributed by atoms with Gasteiger partial charge < -0.3 is 15.0 Å². The zero-order chi connectivity index (χ0) is 18.4. The van der Waals surface area contributed by atoms with Crippen molar-refractivity contribution >= 4 is 11.8 Å². The molecule has 0 aliphatic rings. The quantitative estimate of drug-likeness (QED) is 0.877. The smallest absolute Gasteiger partial charge is 0.251 e. The molecule has 0 fully saturated rings. The van der Waals surface area contributed by atoms with Crippen molar-refractivity contribution in [2.75, 3.05) is 20.7 Å². The predicted molar refractivity (Wildman–Crippen MR) is 92.9 cm³/mol. The second kappa shape index (κ2) is 8.28. The monoisotopic (exact) mass is 344 g/mol. The van der Waals surface area contributed by atoms with Crippen molar-refractivity contribution in [2.24, 2.45) is 0 Å². The van der Waals surface area contributed by atoms with Crippen molar-refractivity contribution in [1.29, 1.82) is 0 Å². The second-order valence-corrected chi connectivity index (χ2v) is 5.61. The topological polar surface area (TPSA) is 58.6 Å². The molecule has 25 heavy (non-hydrogen) atoms. The average molecular weight is 344 g/mol. The fourth-order valence-electron chi connectivity index (χ4n) is 2.42. The number of hydrogen-bond acceptors (Lipinski definition) is 3. The Kier molecular flexibility index (Phi) is 6.11. The molecule has 0 aliphatic carbocycles. The van der Waals surface area contributed by atoms with Crippen LogP contribution in [0.4, 0.5) is 4.39 Å². The largest absolute Gasteiger partial charge is 0.496 e. The number of hydrogen-bond donors (Lipinski definition) is 1. The molecule has 0 heterocycles. The van der Waals surface area contributed by atoms with Crippen LogP contribution >= 0.6 is 0 Å². The molecular formula is C19H21FN2O3. The molecule has 0 saturated heterocycles. The van der Waals surface area contributed by atoms with Gasteiger partial charge in [-0.3, -0.25) is 9.59 Å². The van der Waals surface area contributed by atoms with Crippen LogP contribution < -0.4 is 10.1 Å². The number of halogens is 1. The molecule has 0 radical (unpaired) electrons. The van der Waals surface area contributed by atoms with Crippen LogP contribution in [0.1, 0.15) is 28.9 Å². The highest BCUT2D eigenvalue weighted by Crippen LogP contribution is 2.27. The highest BCUT2D eigenvalue weighted by molar-refractivity contribution is 5.96. The first-order chi connectivity index (χ1) is 11.9. The summed E-state index contributed by atoms with van der Waals surface area (Å²) in [5.41, 5.74) is 1.18. The molecule has 0 aliphatic heterocycles. The Labute approximate surface area is 146 Å². The Bertz CT molecular complexity index is 747. The molecule has 0 spiro atoms. The first kappa shape index (κ1) is 18.4. The van der Waals surface area contributed by atoms with E-state index in [-0.39, 0.29) is 18.5 Å². The van der Waals surface area contributed by atoms with Gasteiger partial charge >= 0.3 is 0 Å². The molecule has 1 unspecified atom stereocenters. The van der Waals surface area contributed by atoms with E-state index in [1.54, 1.807) is 19.1 Å². The third-order valence-electron chi connectivity index (χ3n) is 4.07. The van der Waals surface area contributed by atoms with E-state index in [1.165, 1.54) is 24.3 Å². The number of amides is 2. The molecule has 2 amide bonds. The third kappa shape index (κ3) is 4.56. The lowest BCUT2D eigenvalue weighted by atomic mass is 10.1. The Morgan fingerprint density at radius 1 is 1.16 bits per heavy atom. The lowest BCUT2D eigenvalue weighted by molar-refractivity contribution is -0.130. The Morgan fingerprint density at radius 2 is 1.80 bits per heavy atom. The predicted octanol–water partition coefficient (Wildman–Crippen LogP) is 2.78. The zero-order valence-electron chi connectivity index (χ0n) is 14.5. The van der Waals surface area contributed by atoms with E-state index in [0.717, 1.165) is 5.56 Å². The number of nitrogens with one attached hydrogen (secondary N) is 1. The summed E-state index contributed by atoms with van der Waals surface area (Å²) in [5, 5.41) is 2.55. The minimum Gasteiger partial charge on any atom is -0.496 e. The molecule has 1 N–H and O–H groups in total. The molecule has 132 valence electrons. The van der Waals surface area contributed by atoms with E-state index in [2.05, 4.69) is 5.32 Å². The van der Waals surface area contributed by atoms with Crippen molar-refractivity contribution in [3.8, 4) is 5.75 Å². The number of likely N-dealkylation sites (N-methyl/N-ethyl adjacent to an activating group) is 1. The summed E-state index contributed by atoms with van der Waals surface area (Å²) in [6, 6.07) is 12.4. The first-order valence-electron chi connectivity index (χ1n) is 7.86. The van der Waals surface area contributed by atoms with Crippen LogP contribution in [0.3, 0.4) is 0 Å². The number of carbonyl (C=O) groups is 2. The molecule has 5 nitrogen and oxygen atoms in total. The fourth-order valence-corrected chi connectivity index (χ4v) is 2.42. The Hall–Kier alpha value is -2.89. The average Bonchev–Trinajstić information content (AvgIpc) is 2.65. The summed E-state index contributed by atoms with van der Waals surface area (Å²) in [4.78, 5) is 25.9. The van der Waals surface area contributed by atoms with Gasteiger partial charge in [0.25, 0.3) is 5.91 Å². The number of benzene rings is 2. The van der Waals surface area contributed by atoms with Crippen molar-refractivity contribution in [2.45, 2.75) is 13.0 Å². The van der Waals surface area contributed by atoms with Crippen molar-refractivity contribution in [1.82, 2.24) is 10.2 Å². The normalized spacial score (nSPS) is 11.5. The maximum absolute atomic E-state index is 12.9. The van der Waals surface area contributed by atoms with Gasteiger partial charge in [0.2, 0.25) is 5.91 Å². The van der Waals surface area contributed by atoms with Gasteiger partial charge in [-0.05, 0) is 37.3 Å². The molecule has 0 bridgehead atoms. The van der Waals surface area contributed by atoms with E-state index in [1.807, 2.05) is 31.2 Å². The summed E-state index contributed by atoms with van der Waals surface area (Å²) < 4.78 is 18.2. The zero-order valence-corrected chi connectivity index (χ0v) is 14.5. The SMILES string of the molecule is COc1ccccc1C(C)N(C)C(=O)CNC(=O)c1ccc(F)cc1. The summed E-state index contributed by atoms with van der Waals surface area (Å²) in [6.07, 6.45) is 0. The van der Waals surface area contributed by atoms with E-state index in [4.69, 9.17) is 4.74 Å². The van der Waals surface area contributed by atoms with Crippen LogP contribution in [0, 0.1) is 5.82 Å². The highest BCUT2D eigenvalue weighted by atomic mass is 19.1. The van der Waals surface area contributed by atoms with Gasteiger partial charge in [-0.1, -0.05) is 18.2 Å². The molecule has 2 aromatic rings. The Balaban J connectivity index is 1.97. The highest BCUT2D eigenvalue weighted by Gasteiger charge is 2.20. The van der Waals surface area contributed by atoms with Crippen LogP contribution in [0.5, 0.6) is 5.75 Å². The molecule has 1 atom stereocenters. The maximum Gasteiger partial charge on any atom is 0.251 e. The van der Waals surface area contributed by atoms with Crippen LogP contribution in [0.2, 0.25) is 0 Å². The van der Waals surface area contributed by atoms with Gasteiger partial charge in [0.1, 0.15) is 11.6 Å². The Morgan fingerprint density at radius 3 is 2.44 bits per heavy atom. The van der Waals surface area contributed by atoms with E-state index >= 15 is 0 Å². The van der Waals surface area contributed by atoms with Crippen LogP contribution in [-0.2, 0) is 4.79 Å². The number of para-hydroxylation sites is 1. The lowest BCUT2D eigenvalue weighted by Crippen LogP contribution is -2.39. The fraction of sp³-hybridized carbons (Fsp3) is 0.263. The van der Waals surface area contributed by atoms with Crippen LogP contribution in [-0.4, -0.2) is 37.4 Å². The number of nitrogens with zero attached hydrogens (tertiary/aromatic N) is 1. The number of rotatable bonds is 6. The van der Waals surface area contributed by atoms with Gasteiger partial charge in [-0.15, -0.1) is 0 Å². The van der Waals surface area contributed by atoms with Gasteiger partial charge in [-0.2, -0.15) is 0 Å². The summed E-state index contributed by atoms with van der Waals surface area (Å²) in [6.45, 7) is 1.74. The summed E-state index contributed by atoms with van der Waals surface area (Å²) in [7, 11) is 3.25. The van der Waals surface area contributed by atoms with Crippen LogP contribution in [0.15, 0.2) is 48.5 Å². The first-order valence-corrected chi connectivity index (χ1v) is 7.86. The van der Waals surface area contributed by atoms with E-state index < -0.39 is 11.7 Å². The van der Waals surface area contributed by atoms with Crippen molar-refractivity contribution < 1.29 is 18.7 Å². The van der Waals surface area contributed by atoms with Gasteiger partial charge in [0.15, 0.2) is 0 Å². The standard InChI is InChI=1S/C19H21FN2O3/c1-13(16-6-4-5-7-17(16)25-3)22(2)18(23)12-21-19(24)14-8-10-15(20)11-9-14/h4-11,13H,12H2,1-3H3,(H,21,24). The summed E-state index contributed by atoms with van der Waals surface area (Å²) in [5.74, 6) is -0.386. The van der Waals surface area contributed by atoms with Crippen molar-refractivity contribution in [3.05, 3.63) is 65.5 Å². The second-order valence-electron chi connectivity index (χ2n) is 5.61. The minimum absolute atomic E-state index is 0.147. The maximum atomic E-state index is 12.9. The number of carbonyl (C=O) groups excluding carboxylic acids is 2. The number of ether oxygens (including phenoxy) is 1. The van der Waals surface area contributed by atoms with Gasteiger partial charge in [0.05, 0.1) is 19.7 Å². The lowest BCUT2D eigenvalue weighted by Gasteiger charge is -2.26.